The van der Waals surface area contributed by atoms with Crippen LogP contribution in [0.2, 0.25) is 0 Å². The minimum atomic E-state index is -0.852. The molecule has 0 aliphatic rings. The molecule has 4 N–H and O–H groups in total. The molecule has 0 bridgehead atoms. The molecule has 0 aliphatic carbocycles. The number of aliphatic hydroxyl groups is 1. The van der Waals surface area contributed by atoms with Gasteiger partial charge in [-0.3, -0.25) is 14.4 Å². The largest absolute Gasteiger partial charge is 0.462 e. The average molecular weight is 693 g/mol. The molecule has 0 unspecified atom stereocenters. The van der Waals surface area contributed by atoms with E-state index in [1.807, 2.05) is 30.3 Å². The summed E-state index contributed by atoms with van der Waals surface area (Å²) in [7, 11) is 0. The Kier molecular flexibility index (Phi) is 27.3. The van der Waals surface area contributed by atoms with Gasteiger partial charge < -0.3 is 25.6 Å². The van der Waals surface area contributed by atoms with E-state index < -0.39 is 24.3 Å². The number of nitrogens with two attached hydrogens (primary N) is 1. The van der Waals surface area contributed by atoms with Crippen LogP contribution >= 0.6 is 11.8 Å². The highest BCUT2D eigenvalue weighted by atomic mass is 32.2. The molecule has 4 atom stereocenters. The first-order chi connectivity index (χ1) is 23.3. The third kappa shape index (κ3) is 23.3. The molecule has 1 rings (SSSR count). The molecular weight excluding hydrogens is 625 g/mol. The lowest BCUT2D eigenvalue weighted by molar-refractivity contribution is -0.157. The standard InChI is InChI=1S/C39H68N2O6S/c1-4-6-8-10-12-14-16-18-23-27-36(42)46-29-34(47-37(43)28-24-19-17-15-13-11-9-7-5-2)30-48-31-35(40)39(45)41-32(3)38(44)33-25-21-20-22-26-33/h20-22,25-26,32,34-35,38,44H,4-19,23-24,27-31,40H2,1-3H3,(H,41,45)/t32-,34+,35-,38-/m0/s1. The summed E-state index contributed by atoms with van der Waals surface area (Å²) < 4.78 is 11.3. The summed E-state index contributed by atoms with van der Waals surface area (Å²) in [6.45, 7) is 6.18. The summed E-state index contributed by atoms with van der Waals surface area (Å²) in [5, 5.41) is 13.4. The maximum absolute atomic E-state index is 12.7. The molecule has 8 nitrogen and oxygen atoms in total. The average Bonchev–Trinajstić information content (AvgIpc) is 3.08. The molecule has 0 aliphatic heterocycles. The molecule has 1 amide bonds. The lowest BCUT2D eigenvalue weighted by Crippen LogP contribution is -2.47. The van der Waals surface area contributed by atoms with Crippen molar-refractivity contribution in [3.05, 3.63) is 35.9 Å². The Morgan fingerprint density at radius 3 is 1.73 bits per heavy atom. The SMILES string of the molecule is CCCCCCCCCCCC(=O)OC[C@H](CSC[C@H](N)C(=O)N[C@@H](C)[C@H](O)c1ccccc1)OC(=O)CCCCCCCCCCC. The van der Waals surface area contributed by atoms with Crippen LogP contribution in [0.4, 0.5) is 0 Å². The summed E-state index contributed by atoms with van der Waals surface area (Å²) in [4.78, 5) is 37.9. The minimum absolute atomic E-state index is 0.00546. The summed E-state index contributed by atoms with van der Waals surface area (Å²) in [6, 6.07) is 7.83. The normalized spacial score (nSPS) is 13.8. The van der Waals surface area contributed by atoms with Crippen molar-refractivity contribution < 1.29 is 29.0 Å². The second kappa shape index (κ2) is 29.8. The number of nitrogens with one attached hydrogen (secondary N) is 1. The van der Waals surface area contributed by atoms with Crippen molar-refractivity contribution in [2.24, 2.45) is 5.73 Å². The van der Waals surface area contributed by atoms with Crippen LogP contribution in [-0.2, 0) is 23.9 Å². The number of unbranched alkanes of at least 4 members (excludes halogenated alkanes) is 16. The summed E-state index contributed by atoms with van der Waals surface area (Å²) in [6.07, 6.45) is 20.3. The van der Waals surface area contributed by atoms with Gasteiger partial charge in [-0.05, 0) is 25.3 Å². The van der Waals surface area contributed by atoms with Gasteiger partial charge in [0.1, 0.15) is 12.7 Å². The minimum Gasteiger partial charge on any atom is -0.462 e. The van der Waals surface area contributed by atoms with E-state index in [9.17, 15) is 19.5 Å². The maximum atomic E-state index is 12.7. The van der Waals surface area contributed by atoms with E-state index in [0.717, 1.165) is 38.5 Å². The van der Waals surface area contributed by atoms with Crippen molar-refractivity contribution in [2.75, 3.05) is 18.1 Å². The predicted octanol–water partition coefficient (Wildman–Crippen LogP) is 8.58. The molecule has 0 fully saturated rings. The highest BCUT2D eigenvalue weighted by Gasteiger charge is 2.23. The molecule has 0 spiro atoms. The van der Waals surface area contributed by atoms with Gasteiger partial charge >= 0.3 is 11.9 Å². The Bertz CT molecular complexity index is 950. The van der Waals surface area contributed by atoms with Crippen molar-refractivity contribution in [3.63, 3.8) is 0 Å². The van der Waals surface area contributed by atoms with E-state index >= 15 is 0 Å². The van der Waals surface area contributed by atoms with Crippen molar-refractivity contribution in [1.29, 1.82) is 0 Å². The lowest BCUT2D eigenvalue weighted by Gasteiger charge is -2.23. The van der Waals surface area contributed by atoms with Crippen LogP contribution < -0.4 is 11.1 Å². The molecule has 0 aromatic heterocycles. The van der Waals surface area contributed by atoms with E-state index in [2.05, 4.69) is 19.2 Å². The smallest absolute Gasteiger partial charge is 0.306 e. The topological polar surface area (TPSA) is 128 Å². The third-order valence-electron chi connectivity index (χ3n) is 8.62. The van der Waals surface area contributed by atoms with Crippen LogP contribution in [-0.4, -0.2) is 59.3 Å². The van der Waals surface area contributed by atoms with Crippen molar-refractivity contribution >= 4 is 29.6 Å². The highest BCUT2D eigenvalue weighted by Crippen LogP contribution is 2.17. The Morgan fingerprint density at radius 2 is 1.21 bits per heavy atom. The Morgan fingerprint density at radius 1 is 0.729 bits per heavy atom. The summed E-state index contributed by atoms with van der Waals surface area (Å²) in [5.41, 5.74) is 6.88. The first-order valence-corrected chi connectivity index (χ1v) is 20.2. The summed E-state index contributed by atoms with van der Waals surface area (Å²) >= 11 is 1.38. The number of carbonyl (C=O) groups excluding carboxylic acids is 3. The Hall–Kier alpha value is -2.10. The van der Waals surface area contributed by atoms with Crippen LogP contribution in [0.1, 0.15) is 161 Å². The predicted molar refractivity (Wildman–Crippen MR) is 199 cm³/mol. The number of benzene rings is 1. The zero-order valence-corrected chi connectivity index (χ0v) is 31.3. The van der Waals surface area contributed by atoms with Gasteiger partial charge in [-0.1, -0.05) is 147 Å². The van der Waals surface area contributed by atoms with Gasteiger partial charge in [-0.25, -0.2) is 0 Å². The van der Waals surface area contributed by atoms with Crippen LogP contribution in [0.25, 0.3) is 0 Å². The van der Waals surface area contributed by atoms with Crippen molar-refractivity contribution in [3.8, 4) is 0 Å². The zero-order valence-electron chi connectivity index (χ0n) is 30.4. The number of esters is 2. The molecule has 0 radical (unpaired) electrons. The highest BCUT2D eigenvalue weighted by molar-refractivity contribution is 7.99. The van der Waals surface area contributed by atoms with E-state index in [0.29, 0.717) is 29.9 Å². The van der Waals surface area contributed by atoms with Gasteiger partial charge in [0, 0.05) is 24.3 Å². The van der Waals surface area contributed by atoms with E-state index in [1.165, 1.54) is 88.8 Å². The number of rotatable bonds is 31. The Balaban J connectivity index is 2.47. The lowest BCUT2D eigenvalue weighted by atomic mass is 10.0. The number of aliphatic hydroxyl groups excluding tert-OH is 1. The first kappa shape index (κ1) is 43.9. The maximum Gasteiger partial charge on any atom is 0.306 e. The quantitative estimate of drug-likeness (QED) is 0.0522. The molecule has 1 aromatic carbocycles. The van der Waals surface area contributed by atoms with Crippen LogP contribution in [0.3, 0.4) is 0 Å². The van der Waals surface area contributed by atoms with Crippen LogP contribution in [0.5, 0.6) is 0 Å². The second-order valence-corrected chi connectivity index (χ2v) is 14.3. The van der Waals surface area contributed by atoms with E-state index in [4.69, 9.17) is 15.2 Å². The van der Waals surface area contributed by atoms with Gasteiger partial charge in [0.05, 0.1) is 18.2 Å². The number of hydrogen-bond donors (Lipinski definition) is 3. The fourth-order valence-corrected chi connectivity index (χ4v) is 6.50. The summed E-state index contributed by atoms with van der Waals surface area (Å²) in [5.74, 6) is -0.276. The van der Waals surface area contributed by atoms with E-state index in [-0.39, 0.29) is 24.5 Å². The molecule has 0 saturated heterocycles. The molecule has 276 valence electrons. The van der Waals surface area contributed by atoms with Gasteiger partial charge in [-0.2, -0.15) is 11.8 Å². The van der Waals surface area contributed by atoms with Crippen molar-refractivity contribution in [1.82, 2.24) is 5.32 Å². The van der Waals surface area contributed by atoms with Crippen LogP contribution in [0, 0.1) is 0 Å². The van der Waals surface area contributed by atoms with Crippen LogP contribution in [0.15, 0.2) is 30.3 Å². The Labute approximate surface area is 296 Å². The molecule has 9 heteroatoms. The number of ether oxygens (including phenoxy) is 2. The molecule has 48 heavy (non-hydrogen) atoms. The second-order valence-electron chi connectivity index (χ2n) is 13.2. The monoisotopic (exact) mass is 692 g/mol. The molecular formula is C39H68N2O6S. The number of thioether (sulfide) groups is 1. The molecule has 0 heterocycles. The number of amides is 1. The zero-order chi connectivity index (χ0) is 35.2. The van der Waals surface area contributed by atoms with Gasteiger partial charge in [0.15, 0.2) is 0 Å². The van der Waals surface area contributed by atoms with E-state index in [1.54, 1.807) is 6.92 Å². The fourth-order valence-electron chi connectivity index (χ4n) is 5.53. The van der Waals surface area contributed by atoms with Gasteiger partial charge in [-0.15, -0.1) is 0 Å². The van der Waals surface area contributed by atoms with Gasteiger partial charge in [0.25, 0.3) is 0 Å². The molecule has 0 saturated carbocycles. The number of carbonyl (C=O) groups is 3. The molecule has 1 aromatic rings. The van der Waals surface area contributed by atoms with Crippen molar-refractivity contribution in [2.45, 2.75) is 173 Å². The van der Waals surface area contributed by atoms with Gasteiger partial charge in [0.2, 0.25) is 5.91 Å². The first-order valence-electron chi connectivity index (χ1n) is 19.0. The number of hydrogen-bond acceptors (Lipinski definition) is 8. The third-order valence-corrected chi connectivity index (χ3v) is 9.82. The fraction of sp³-hybridized carbons (Fsp3) is 0.769.